The fourth-order valence-corrected chi connectivity index (χ4v) is 3.10. The van der Waals surface area contributed by atoms with Crippen LogP contribution >= 0.6 is 46.9 Å². The van der Waals surface area contributed by atoms with Crippen molar-refractivity contribution < 1.29 is 0 Å². The molecule has 1 fully saturated rings. The molecule has 0 aromatic carbocycles. The summed E-state index contributed by atoms with van der Waals surface area (Å²) in [5.74, 6) is 0.890. The Bertz CT molecular complexity index is 388. The number of hydrogen-bond donors (Lipinski definition) is 2. The molecule has 1 aliphatic carbocycles. The maximum Gasteiger partial charge on any atom is 0.191 e. The van der Waals surface area contributed by atoms with Gasteiger partial charge in [-0.25, -0.2) is 0 Å². The molecule has 18 heavy (non-hydrogen) atoms. The van der Waals surface area contributed by atoms with Crippen molar-refractivity contribution in [3.63, 3.8) is 0 Å². The van der Waals surface area contributed by atoms with Gasteiger partial charge in [-0.05, 0) is 25.0 Å². The number of guanidine groups is 1. The monoisotopic (exact) mass is 399 g/mol. The Balaban J connectivity index is 0.00000162. The van der Waals surface area contributed by atoms with E-state index >= 15 is 0 Å². The van der Waals surface area contributed by atoms with Crippen molar-refractivity contribution in [3.05, 3.63) is 21.3 Å². The SMILES string of the molecule is CN=C(NCc1ccc(Cl)s1)NC1CCCC1.I. The van der Waals surface area contributed by atoms with Gasteiger partial charge in [-0.1, -0.05) is 24.4 Å². The Labute approximate surface area is 134 Å². The van der Waals surface area contributed by atoms with Crippen LogP contribution in [0.1, 0.15) is 30.6 Å². The molecule has 0 spiro atoms. The molecule has 0 aliphatic heterocycles. The van der Waals surface area contributed by atoms with Gasteiger partial charge in [0.05, 0.1) is 10.9 Å². The summed E-state index contributed by atoms with van der Waals surface area (Å²) < 4.78 is 0.834. The zero-order valence-corrected chi connectivity index (χ0v) is 14.3. The van der Waals surface area contributed by atoms with E-state index in [1.807, 2.05) is 19.2 Å². The average Bonchev–Trinajstić information content (AvgIpc) is 2.96. The lowest BCUT2D eigenvalue weighted by Crippen LogP contribution is -2.41. The third kappa shape index (κ3) is 4.93. The largest absolute Gasteiger partial charge is 0.354 e. The second-order valence-corrected chi connectivity index (χ2v) is 6.06. The van der Waals surface area contributed by atoms with Crippen LogP contribution < -0.4 is 10.6 Å². The second-order valence-electron chi connectivity index (χ2n) is 4.26. The van der Waals surface area contributed by atoms with E-state index in [0.29, 0.717) is 6.04 Å². The first-order valence-corrected chi connectivity index (χ1v) is 7.19. The summed E-state index contributed by atoms with van der Waals surface area (Å²) >= 11 is 7.50. The molecule has 0 radical (unpaired) electrons. The summed E-state index contributed by atoms with van der Waals surface area (Å²) in [5, 5.41) is 6.77. The highest BCUT2D eigenvalue weighted by Gasteiger charge is 2.15. The quantitative estimate of drug-likeness (QED) is 0.463. The normalized spacial score (nSPS) is 16.4. The molecule has 1 saturated carbocycles. The molecule has 1 aromatic heterocycles. The van der Waals surface area contributed by atoms with Crippen molar-refractivity contribution in [2.24, 2.45) is 4.99 Å². The van der Waals surface area contributed by atoms with Crippen molar-refractivity contribution in [1.29, 1.82) is 0 Å². The van der Waals surface area contributed by atoms with Crippen molar-refractivity contribution in [1.82, 2.24) is 10.6 Å². The third-order valence-corrected chi connectivity index (χ3v) is 4.21. The maximum atomic E-state index is 5.89. The lowest BCUT2D eigenvalue weighted by Gasteiger charge is -2.16. The molecule has 0 saturated heterocycles. The second kappa shape index (κ2) is 8.22. The standard InChI is InChI=1S/C12H18ClN3S.HI/c1-14-12(16-9-4-2-3-5-9)15-8-10-6-7-11(13)17-10;/h6-7,9H,2-5,8H2,1H3,(H2,14,15,16);1H. The van der Waals surface area contributed by atoms with E-state index < -0.39 is 0 Å². The van der Waals surface area contributed by atoms with Crippen LogP contribution in [0.4, 0.5) is 0 Å². The summed E-state index contributed by atoms with van der Waals surface area (Å²) in [6, 6.07) is 4.56. The number of thiophene rings is 1. The van der Waals surface area contributed by atoms with Gasteiger partial charge < -0.3 is 10.6 Å². The van der Waals surface area contributed by atoms with Crippen LogP contribution in [-0.2, 0) is 6.54 Å². The van der Waals surface area contributed by atoms with Crippen molar-refractivity contribution in [3.8, 4) is 0 Å². The molecule has 3 nitrogen and oxygen atoms in total. The Kier molecular flexibility index (Phi) is 7.33. The molecular formula is C12H19ClIN3S. The first-order valence-electron chi connectivity index (χ1n) is 5.99. The van der Waals surface area contributed by atoms with E-state index in [0.717, 1.165) is 16.8 Å². The summed E-state index contributed by atoms with van der Waals surface area (Å²) in [7, 11) is 1.81. The van der Waals surface area contributed by atoms with Gasteiger partial charge in [0.25, 0.3) is 0 Å². The topological polar surface area (TPSA) is 36.4 Å². The van der Waals surface area contributed by atoms with Crippen LogP contribution in [0, 0.1) is 0 Å². The smallest absolute Gasteiger partial charge is 0.191 e. The van der Waals surface area contributed by atoms with Gasteiger partial charge in [0.15, 0.2) is 5.96 Å². The predicted octanol–water partition coefficient (Wildman–Crippen LogP) is 3.63. The van der Waals surface area contributed by atoms with Crippen LogP contribution in [0.15, 0.2) is 17.1 Å². The summed E-state index contributed by atoms with van der Waals surface area (Å²) in [5.41, 5.74) is 0. The minimum absolute atomic E-state index is 0. The molecule has 1 aromatic rings. The lowest BCUT2D eigenvalue weighted by atomic mass is 10.2. The first-order chi connectivity index (χ1) is 8.28. The van der Waals surface area contributed by atoms with E-state index in [1.54, 1.807) is 11.3 Å². The Morgan fingerprint density at radius 2 is 2.17 bits per heavy atom. The Morgan fingerprint density at radius 1 is 1.44 bits per heavy atom. The average molecular weight is 400 g/mol. The molecule has 0 bridgehead atoms. The highest BCUT2D eigenvalue weighted by Crippen LogP contribution is 2.21. The van der Waals surface area contributed by atoms with Crippen LogP contribution in [0.2, 0.25) is 4.34 Å². The van der Waals surface area contributed by atoms with Crippen molar-refractivity contribution in [2.75, 3.05) is 7.05 Å². The molecule has 0 atom stereocenters. The number of nitrogens with zero attached hydrogens (tertiary/aromatic N) is 1. The number of hydrogen-bond acceptors (Lipinski definition) is 2. The van der Waals surface area contributed by atoms with Crippen LogP contribution in [-0.4, -0.2) is 19.0 Å². The maximum absolute atomic E-state index is 5.89. The zero-order valence-electron chi connectivity index (χ0n) is 10.4. The van der Waals surface area contributed by atoms with Crippen LogP contribution in [0.25, 0.3) is 0 Å². The van der Waals surface area contributed by atoms with Gasteiger partial charge in [0, 0.05) is 18.0 Å². The van der Waals surface area contributed by atoms with Gasteiger partial charge in [0.2, 0.25) is 0 Å². The summed E-state index contributed by atoms with van der Waals surface area (Å²) in [6.07, 6.45) is 5.17. The summed E-state index contributed by atoms with van der Waals surface area (Å²) in [6.45, 7) is 0.782. The third-order valence-electron chi connectivity index (χ3n) is 2.98. The number of rotatable bonds is 3. The van der Waals surface area contributed by atoms with Crippen LogP contribution in [0.3, 0.4) is 0 Å². The van der Waals surface area contributed by atoms with Gasteiger partial charge in [-0.3, -0.25) is 4.99 Å². The van der Waals surface area contributed by atoms with Gasteiger partial charge in [-0.2, -0.15) is 0 Å². The van der Waals surface area contributed by atoms with E-state index in [1.165, 1.54) is 30.6 Å². The minimum atomic E-state index is 0. The highest BCUT2D eigenvalue weighted by atomic mass is 127. The molecule has 1 aliphatic rings. The molecule has 0 unspecified atom stereocenters. The van der Waals surface area contributed by atoms with Gasteiger partial charge in [0.1, 0.15) is 0 Å². The lowest BCUT2D eigenvalue weighted by molar-refractivity contribution is 0.614. The van der Waals surface area contributed by atoms with E-state index in [4.69, 9.17) is 11.6 Å². The molecule has 0 amide bonds. The molecule has 2 N–H and O–H groups in total. The minimum Gasteiger partial charge on any atom is -0.354 e. The molecule has 102 valence electrons. The molecule has 1 heterocycles. The predicted molar refractivity (Wildman–Crippen MR) is 90.3 cm³/mol. The van der Waals surface area contributed by atoms with E-state index in [2.05, 4.69) is 15.6 Å². The van der Waals surface area contributed by atoms with Gasteiger partial charge in [-0.15, -0.1) is 35.3 Å². The van der Waals surface area contributed by atoms with Crippen molar-refractivity contribution >= 4 is 52.9 Å². The van der Waals surface area contributed by atoms with Gasteiger partial charge >= 0.3 is 0 Å². The summed E-state index contributed by atoms with van der Waals surface area (Å²) in [4.78, 5) is 5.47. The van der Waals surface area contributed by atoms with E-state index in [9.17, 15) is 0 Å². The van der Waals surface area contributed by atoms with Crippen molar-refractivity contribution in [2.45, 2.75) is 38.3 Å². The number of nitrogens with one attached hydrogen (secondary N) is 2. The fraction of sp³-hybridized carbons (Fsp3) is 0.583. The Morgan fingerprint density at radius 3 is 2.72 bits per heavy atom. The Hall–Kier alpha value is -0.0100. The van der Waals surface area contributed by atoms with Crippen LogP contribution in [0.5, 0.6) is 0 Å². The first kappa shape index (κ1) is 16.0. The zero-order chi connectivity index (χ0) is 12.1. The number of aliphatic imine (C=N–C) groups is 1. The molecule has 6 heteroatoms. The van der Waals surface area contributed by atoms with E-state index in [-0.39, 0.29) is 24.0 Å². The molecule has 2 rings (SSSR count). The number of halogens is 2. The fourth-order valence-electron chi connectivity index (χ4n) is 2.08. The highest BCUT2D eigenvalue weighted by molar-refractivity contribution is 14.0. The molecular weight excluding hydrogens is 381 g/mol.